The molecule has 1 fully saturated rings. The second kappa shape index (κ2) is 3.07. The third-order valence-corrected chi connectivity index (χ3v) is 5.32. The minimum Gasteiger partial charge on any atom is -0.255 e. The fourth-order valence-electron chi connectivity index (χ4n) is 1.95. The molecule has 82 valence electrons. The molecule has 3 rings (SSSR count). The molecule has 0 aromatic carbocycles. The first-order valence-electron chi connectivity index (χ1n) is 5.03. The van der Waals surface area contributed by atoms with Crippen molar-refractivity contribution in [2.45, 2.75) is 31.1 Å². The van der Waals surface area contributed by atoms with E-state index in [1.807, 2.05) is 4.68 Å². The van der Waals surface area contributed by atoms with Gasteiger partial charge in [-0.25, -0.2) is 8.42 Å². The zero-order valence-corrected chi connectivity index (χ0v) is 10.5. The average Bonchev–Trinajstić information content (AvgIpc) is 2.92. The summed E-state index contributed by atoms with van der Waals surface area (Å²) in [5, 5.41) is 4.40. The molecule has 0 radical (unpaired) electrons. The van der Waals surface area contributed by atoms with Crippen molar-refractivity contribution in [3.05, 3.63) is 15.9 Å². The molecule has 0 N–H and O–H groups in total. The van der Waals surface area contributed by atoms with Gasteiger partial charge >= 0.3 is 0 Å². The Hall–Kier alpha value is -0.360. The van der Waals surface area contributed by atoms with Crippen LogP contribution in [0.4, 0.5) is 0 Å². The maximum Gasteiger partial charge on any atom is 0.156 e. The highest BCUT2D eigenvalue weighted by Gasteiger charge is 2.32. The maximum atomic E-state index is 11.5. The standard InChI is InChI=1S/C9H11BrN2O2S/c10-9-7-3-4-15(13,14)5-8(7)11-12(9)6-1-2-6/h6H,1-5H2. The SMILES string of the molecule is O=S1(=O)CCc2c(nn(C3CC3)c2Br)C1. The van der Waals surface area contributed by atoms with Gasteiger partial charge in [-0.1, -0.05) is 0 Å². The number of halogens is 1. The molecular weight excluding hydrogens is 280 g/mol. The van der Waals surface area contributed by atoms with Crippen molar-refractivity contribution in [2.24, 2.45) is 0 Å². The van der Waals surface area contributed by atoms with Crippen molar-refractivity contribution in [2.75, 3.05) is 5.75 Å². The highest BCUT2D eigenvalue weighted by atomic mass is 79.9. The van der Waals surface area contributed by atoms with Crippen molar-refractivity contribution in [3.63, 3.8) is 0 Å². The van der Waals surface area contributed by atoms with Crippen LogP contribution in [-0.4, -0.2) is 24.0 Å². The van der Waals surface area contributed by atoms with Crippen LogP contribution in [0.2, 0.25) is 0 Å². The highest BCUT2D eigenvalue weighted by Crippen LogP contribution is 2.39. The van der Waals surface area contributed by atoms with Crippen molar-refractivity contribution >= 4 is 25.8 Å². The van der Waals surface area contributed by atoms with Crippen LogP contribution in [-0.2, 0) is 22.0 Å². The van der Waals surface area contributed by atoms with Crippen LogP contribution in [0.25, 0.3) is 0 Å². The normalized spacial score (nSPS) is 23.8. The summed E-state index contributed by atoms with van der Waals surface area (Å²) >= 11 is 3.52. The lowest BCUT2D eigenvalue weighted by atomic mass is 10.2. The van der Waals surface area contributed by atoms with Crippen LogP contribution in [0.15, 0.2) is 4.60 Å². The number of hydrogen-bond donors (Lipinski definition) is 0. The molecule has 15 heavy (non-hydrogen) atoms. The van der Waals surface area contributed by atoms with Gasteiger partial charge in [0.05, 0.1) is 23.2 Å². The summed E-state index contributed by atoms with van der Waals surface area (Å²) in [6, 6.07) is 0.493. The Morgan fingerprint density at radius 3 is 2.80 bits per heavy atom. The van der Waals surface area contributed by atoms with Gasteiger partial charge in [-0.3, -0.25) is 4.68 Å². The molecule has 0 atom stereocenters. The van der Waals surface area contributed by atoms with Gasteiger partial charge in [0.1, 0.15) is 4.60 Å². The van der Waals surface area contributed by atoms with Gasteiger partial charge in [-0.05, 0) is 35.2 Å². The molecular formula is C9H11BrN2O2S. The molecule has 0 unspecified atom stereocenters. The molecule has 1 saturated carbocycles. The highest BCUT2D eigenvalue weighted by molar-refractivity contribution is 9.10. The van der Waals surface area contributed by atoms with Gasteiger partial charge in [-0.2, -0.15) is 5.10 Å². The summed E-state index contributed by atoms with van der Waals surface area (Å²) < 4.78 is 25.9. The van der Waals surface area contributed by atoms with E-state index in [4.69, 9.17) is 0 Å². The monoisotopic (exact) mass is 290 g/mol. The lowest BCUT2D eigenvalue weighted by molar-refractivity contribution is 0.588. The molecule has 0 spiro atoms. The Kier molecular flexibility index (Phi) is 2.01. The van der Waals surface area contributed by atoms with E-state index in [0.29, 0.717) is 12.5 Å². The molecule has 0 bridgehead atoms. The number of fused-ring (bicyclic) bond motifs is 1. The number of aromatic nitrogens is 2. The summed E-state index contributed by atoms with van der Waals surface area (Å²) in [5.41, 5.74) is 1.84. The predicted molar refractivity (Wildman–Crippen MR) is 59.4 cm³/mol. The predicted octanol–water partition coefficient (Wildman–Crippen LogP) is 1.45. The summed E-state index contributed by atoms with van der Waals surface area (Å²) in [5.74, 6) is 0.371. The van der Waals surface area contributed by atoms with Crippen LogP contribution in [0, 0.1) is 0 Å². The van der Waals surface area contributed by atoms with Gasteiger partial charge in [0.2, 0.25) is 0 Å². The Bertz CT molecular complexity index is 516. The quantitative estimate of drug-likeness (QED) is 0.787. The van der Waals surface area contributed by atoms with Gasteiger partial charge in [0.15, 0.2) is 9.84 Å². The lowest BCUT2D eigenvalue weighted by Crippen LogP contribution is -2.18. The fourth-order valence-corrected chi connectivity index (χ4v) is 4.06. The van der Waals surface area contributed by atoms with Gasteiger partial charge in [-0.15, -0.1) is 0 Å². The number of hydrogen-bond acceptors (Lipinski definition) is 3. The molecule has 1 aromatic rings. The Balaban J connectivity index is 2.08. The van der Waals surface area contributed by atoms with Crippen molar-refractivity contribution in [1.82, 2.24) is 9.78 Å². The first kappa shape index (κ1) is 9.84. The van der Waals surface area contributed by atoms with Crippen LogP contribution in [0.1, 0.15) is 30.1 Å². The van der Waals surface area contributed by atoms with E-state index in [1.165, 1.54) is 0 Å². The third kappa shape index (κ3) is 1.63. The number of nitrogens with zero attached hydrogens (tertiary/aromatic N) is 2. The fraction of sp³-hybridized carbons (Fsp3) is 0.667. The van der Waals surface area contributed by atoms with E-state index in [0.717, 1.165) is 28.7 Å². The molecule has 2 aliphatic rings. The summed E-state index contributed by atoms with van der Waals surface area (Å²) in [6.07, 6.45) is 2.92. The molecule has 1 aromatic heterocycles. The first-order chi connectivity index (χ1) is 7.07. The minimum atomic E-state index is -2.90. The smallest absolute Gasteiger partial charge is 0.156 e. The van der Waals surface area contributed by atoms with Crippen LogP contribution in [0.3, 0.4) is 0 Å². The molecule has 0 saturated heterocycles. The molecule has 6 heteroatoms. The topological polar surface area (TPSA) is 52.0 Å². The summed E-state index contributed by atoms with van der Waals surface area (Å²) in [7, 11) is -2.90. The second-order valence-electron chi connectivity index (χ2n) is 4.23. The third-order valence-electron chi connectivity index (χ3n) is 2.94. The zero-order chi connectivity index (χ0) is 10.6. The van der Waals surface area contributed by atoms with Gasteiger partial charge in [0, 0.05) is 5.56 Å². The second-order valence-corrected chi connectivity index (χ2v) is 7.17. The summed E-state index contributed by atoms with van der Waals surface area (Å²) in [6.45, 7) is 0. The number of sulfone groups is 1. The van der Waals surface area contributed by atoms with Crippen LogP contribution >= 0.6 is 15.9 Å². The van der Waals surface area contributed by atoms with Crippen LogP contribution in [0.5, 0.6) is 0 Å². The van der Waals surface area contributed by atoms with E-state index in [2.05, 4.69) is 21.0 Å². The largest absolute Gasteiger partial charge is 0.255 e. The van der Waals surface area contributed by atoms with E-state index >= 15 is 0 Å². The number of rotatable bonds is 1. The minimum absolute atomic E-state index is 0.112. The van der Waals surface area contributed by atoms with Gasteiger partial charge in [0.25, 0.3) is 0 Å². The Morgan fingerprint density at radius 1 is 1.40 bits per heavy atom. The average molecular weight is 291 g/mol. The van der Waals surface area contributed by atoms with Gasteiger partial charge < -0.3 is 0 Å². The van der Waals surface area contributed by atoms with E-state index in [9.17, 15) is 8.42 Å². The molecule has 0 amide bonds. The Morgan fingerprint density at radius 2 is 2.13 bits per heavy atom. The zero-order valence-electron chi connectivity index (χ0n) is 8.11. The van der Waals surface area contributed by atoms with Crippen molar-refractivity contribution in [3.8, 4) is 0 Å². The first-order valence-corrected chi connectivity index (χ1v) is 7.64. The molecule has 1 aliphatic heterocycles. The maximum absolute atomic E-state index is 11.5. The van der Waals surface area contributed by atoms with Crippen molar-refractivity contribution < 1.29 is 8.42 Å². The molecule has 2 heterocycles. The van der Waals surface area contributed by atoms with Crippen LogP contribution < -0.4 is 0 Å². The van der Waals surface area contributed by atoms with E-state index in [1.54, 1.807) is 0 Å². The lowest BCUT2D eigenvalue weighted by Gasteiger charge is -2.10. The summed E-state index contributed by atoms with van der Waals surface area (Å²) in [4.78, 5) is 0. The van der Waals surface area contributed by atoms with Crippen molar-refractivity contribution in [1.29, 1.82) is 0 Å². The van der Waals surface area contributed by atoms with E-state index < -0.39 is 9.84 Å². The molecule has 4 nitrogen and oxygen atoms in total. The van der Waals surface area contributed by atoms with E-state index in [-0.39, 0.29) is 11.5 Å². The Labute approximate surface area is 96.7 Å². The molecule has 1 aliphatic carbocycles.